The molecule has 16 heavy (non-hydrogen) atoms. The number of ether oxygens (including phenoxy) is 1. The van der Waals surface area contributed by atoms with Gasteiger partial charge in [-0.15, -0.1) is 11.3 Å². The van der Waals surface area contributed by atoms with Crippen LogP contribution in [0.1, 0.15) is 12.6 Å². The molecule has 2 unspecified atom stereocenters. The maximum Gasteiger partial charge on any atom is 0.0795 e. The van der Waals surface area contributed by atoms with Crippen molar-refractivity contribution in [2.75, 3.05) is 27.3 Å². The van der Waals surface area contributed by atoms with Crippen LogP contribution < -0.4 is 5.73 Å². The van der Waals surface area contributed by atoms with Crippen LogP contribution in [0, 0.1) is 5.92 Å². The van der Waals surface area contributed by atoms with E-state index in [1.54, 1.807) is 18.4 Å². The number of thiazole rings is 1. The lowest BCUT2D eigenvalue weighted by atomic mass is 10.0. The number of hydrogen-bond acceptors (Lipinski definition) is 5. The molecule has 1 heterocycles. The number of hydrogen-bond donors (Lipinski definition) is 1. The molecule has 0 aliphatic rings. The van der Waals surface area contributed by atoms with Crippen molar-refractivity contribution in [1.29, 1.82) is 0 Å². The Balaban J connectivity index is 2.51. The Labute approximate surface area is 101 Å². The normalized spacial score (nSPS) is 15.3. The lowest BCUT2D eigenvalue weighted by Gasteiger charge is -2.31. The fraction of sp³-hybridized carbons (Fsp3) is 0.727. The number of likely N-dealkylation sites (N-methyl/N-ethyl adjacent to an activating group) is 1. The van der Waals surface area contributed by atoms with Gasteiger partial charge in [0, 0.05) is 31.6 Å². The highest BCUT2D eigenvalue weighted by molar-refractivity contribution is 7.07. The highest BCUT2D eigenvalue weighted by atomic mass is 32.1. The predicted molar refractivity (Wildman–Crippen MR) is 67.5 cm³/mol. The first-order chi connectivity index (χ1) is 7.69. The Morgan fingerprint density at radius 2 is 2.38 bits per heavy atom. The van der Waals surface area contributed by atoms with Crippen molar-refractivity contribution >= 4 is 11.3 Å². The van der Waals surface area contributed by atoms with Crippen LogP contribution in [-0.2, 0) is 11.3 Å². The minimum absolute atomic E-state index is 0.335. The molecule has 5 heteroatoms. The van der Waals surface area contributed by atoms with Crippen LogP contribution in [-0.4, -0.2) is 43.2 Å². The molecule has 0 bridgehead atoms. The van der Waals surface area contributed by atoms with Gasteiger partial charge >= 0.3 is 0 Å². The Morgan fingerprint density at radius 3 is 2.88 bits per heavy atom. The average Bonchev–Trinajstić information content (AvgIpc) is 2.71. The third-order valence-electron chi connectivity index (χ3n) is 2.79. The van der Waals surface area contributed by atoms with Crippen LogP contribution in [0.15, 0.2) is 10.9 Å². The standard InChI is InChI=1S/C11H21N3OS/c1-9(6-15-3)11(4-12)14(2)5-10-7-16-8-13-10/h7-9,11H,4-6,12H2,1-3H3. The molecule has 0 spiro atoms. The third kappa shape index (κ3) is 3.83. The van der Waals surface area contributed by atoms with E-state index < -0.39 is 0 Å². The summed E-state index contributed by atoms with van der Waals surface area (Å²) in [5, 5.41) is 2.07. The van der Waals surface area contributed by atoms with Gasteiger partial charge in [-0.3, -0.25) is 4.90 Å². The summed E-state index contributed by atoms with van der Waals surface area (Å²) in [6, 6.07) is 0.335. The third-order valence-corrected chi connectivity index (χ3v) is 3.42. The van der Waals surface area contributed by atoms with Crippen LogP contribution >= 0.6 is 11.3 Å². The molecular formula is C11H21N3OS. The molecule has 0 radical (unpaired) electrons. The van der Waals surface area contributed by atoms with Crippen LogP contribution in [0.3, 0.4) is 0 Å². The van der Waals surface area contributed by atoms with Gasteiger partial charge in [-0.25, -0.2) is 4.98 Å². The van der Waals surface area contributed by atoms with Crippen molar-refractivity contribution in [3.8, 4) is 0 Å². The summed E-state index contributed by atoms with van der Waals surface area (Å²) in [5.74, 6) is 0.429. The predicted octanol–water partition coefficient (Wildman–Crippen LogP) is 1.18. The molecule has 0 aliphatic carbocycles. The summed E-state index contributed by atoms with van der Waals surface area (Å²) in [7, 11) is 3.81. The number of nitrogens with two attached hydrogens (primary N) is 1. The van der Waals surface area contributed by atoms with E-state index in [-0.39, 0.29) is 0 Å². The average molecular weight is 243 g/mol. The molecule has 0 aliphatic heterocycles. The van der Waals surface area contributed by atoms with E-state index in [1.807, 2.05) is 5.51 Å². The number of nitrogens with zero attached hydrogens (tertiary/aromatic N) is 2. The van der Waals surface area contributed by atoms with Gasteiger partial charge in [0.1, 0.15) is 0 Å². The van der Waals surface area contributed by atoms with E-state index in [0.717, 1.165) is 18.8 Å². The summed E-state index contributed by atoms with van der Waals surface area (Å²) in [4.78, 5) is 6.53. The van der Waals surface area contributed by atoms with E-state index in [4.69, 9.17) is 10.5 Å². The Kier molecular flexibility index (Phi) is 5.90. The maximum absolute atomic E-state index is 5.82. The summed E-state index contributed by atoms with van der Waals surface area (Å²) in [5.41, 5.74) is 8.79. The fourth-order valence-electron chi connectivity index (χ4n) is 1.91. The van der Waals surface area contributed by atoms with Gasteiger partial charge in [0.25, 0.3) is 0 Å². The molecule has 1 aromatic rings. The zero-order valence-corrected chi connectivity index (χ0v) is 11.0. The highest BCUT2D eigenvalue weighted by Gasteiger charge is 2.20. The molecule has 4 nitrogen and oxygen atoms in total. The van der Waals surface area contributed by atoms with E-state index in [2.05, 4.69) is 29.2 Å². The largest absolute Gasteiger partial charge is 0.384 e. The number of rotatable bonds is 7. The quantitative estimate of drug-likeness (QED) is 0.781. The first-order valence-electron chi connectivity index (χ1n) is 5.45. The second kappa shape index (κ2) is 6.96. The summed E-state index contributed by atoms with van der Waals surface area (Å²) >= 11 is 1.63. The molecule has 0 fully saturated rings. The van der Waals surface area contributed by atoms with Crippen molar-refractivity contribution in [3.63, 3.8) is 0 Å². The second-order valence-corrected chi connectivity index (χ2v) is 4.85. The minimum atomic E-state index is 0.335. The molecule has 0 saturated carbocycles. The van der Waals surface area contributed by atoms with Crippen molar-refractivity contribution < 1.29 is 4.74 Å². The van der Waals surface area contributed by atoms with E-state index in [9.17, 15) is 0 Å². The van der Waals surface area contributed by atoms with Gasteiger partial charge in [0.15, 0.2) is 0 Å². The molecule has 2 N–H and O–H groups in total. The SMILES string of the molecule is COCC(C)C(CN)N(C)Cc1cscn1. The first-order valence-corrected chi connectivity index (χ1v) is 6.39. The monoisotopic (exact) mass is 243 g/mol. The number of methoxy groups -OCH3 is 1. The van der Waals surface area contributed by atoms with E-state index >= 15 is 0 Å². The molecule has 1 rings (SSSR count). The topological polar surface area (TPSA) is 51.4 Å². The van der Waals surface area contributed by atoms with E-state index in [1.165, 1.54) is 0 Å². The van der Waals surface area contributed by atoms with Crippen molar-refractivity contribution in [2.45, 2.75) is 19.5 Å². The highest BCUT2D eigenvalue weighted by Crippen LogP contribution is 2.13. The molecule has 2 atom stereocenters. The fourth-order valence-corrected chi connectivity index (χ4v) is 2.46. The minimum Gasteiger partial charge on any atom is -0.384 e. The molecule has 1 aromatic heterocycles. The Hall–Kier alpha value is -0.490. The smallest absolute Gasteiger partial charge is 0.0795 e. The van der Waals surface area contributed by atoms with Crippen LogP contribution in [0.2, 0.25) is 0 Å². The van der Waals surface area contributed by atoms with E-state index in [0.29, 0.717) is 18.5 Å². The van der Waals surface area contributed by atoms with Gasteiger partial charge in [0.2, 0.25) is 0 Å². The first kappa shape index (κ1) is 13.6. The molecular weight excluding hydrogens is 222 g/mol. The summed E-state index contributed by atoms with van der Waals surface area (Å²) in [6.45, 7) is 4.40. The van der Waals surface area contributed by atoms with Gasteiger partial charge in [-0.05, 0) is 13.0 Å². The summed E-state index contributed by atoms with van der Waals surface area (Å²) < 4.78 is 5.18. The number of aromatic nitrogens is 1. The lowest BCUT2D eigenvalue weighted by Crippen LogP contribution is -2.43. The van der Waals surface area contributed by atoms with Gasteiger partial charge in [-0.1, -0.05) is 6.92 Å². The van der Waals surface area contributed by atoms with Crippen molar-refractivity contribution in [3.05, 3.63) is 16.6 Å². The van der Waals surface area contributed by atoms with Gasteiger partial charge in [-0.2, -0.15) is 0 Å². The molecule has 0 aromatic carbocycles. The van der Waals surface area contributed by atoms with Crippen LogP contribution in [0.4, 0.5) is 0 Å². The maximum atomic E-state index is 5.82. The Bertz CT molecular complexity index is 279. The zero-order chi connectivity index (χ0) is 12.0. The van der Waals surface area contributed by atoms with Crippen LogP contribution in [0.25, 0.3) is 0 Å². The van der Waals surface area contributed by atoms with Crippen molar-refractivity contribution in [2.24, 2.45) is 11.7 Å². The molecule has 92 valence electrons. The Morgan fingerprint density at radius 1 is 1.62 bits per heavy atom. The second-order valence-electron chi connectivity index (χ2n) is 4.13. The van der Waals surface area contributed by atoms with Crippen LogP contribution in [0.5, 0.6) is 0 Å². The van der Waals surface area contributed by atoms with Gasteiger partial charge < -0.3 is 10.5 Å². The molecule has 0 amide bonds. The van der Waals surface area contributed by atoms with Gasteiger partial charge in [0.05, 0.1) is 17.8 Å². The van der Waals surface area contributed by atoms with Crippen molar-refractivity contribution in [1.82, 2.24) is 9.88 Å². The zero-order valence-electron chi connectivity index (χ0n) is 10.2. The lowest BCUT2D eigenvalue weighted by molar-refractivity contribution is 0.0948. The molecule has 0 saturated heterocycles. The summed E-state index contributed by atoms with van der Waals surface area (Å²) in [6.07, 6.45) is 0.